The third-order valence-electron chi connectivity index (χ3n) is 3.06. The molecule has 1 heterocycles. The Morgan fingerprint density at radius 2 is 2.15 bits per heavy atom. The van der Waals surface area contributed by atoms with E-state index in [1.807, 2.05) is 36.9 Å². The highest BCUT2D eigenvalue weighted by Gasteiger charge is 2.15. The lowest BCUT2D eigenvalue weighted by atomic mass is 10.1. The summed E-state index contributed by atoms with van der Waals surface area (Å²) in [6, 6.07) is 11.7. The summed E-state index contributed by atoms with van der Waals surface area (Å²) >= 11 is 0. The van der Waals surface area contributed by atoms with Gasteiger partial charge in [-0.05, 0) is 43.7 Å². The number of nitrogens with two attached hydrogens (primary N) is 1. The fourth-order valence-electron chi connectivity index (χ4n) is 2.12. The van der Waals surface area contributed by atoms with Crippen LogP contribution in [0, 0.1) is 6.92 Å². The number of rotatable bonds is 4. The molecular formula is C15H18N4O. The fraction of sp³-hybridized carbons (Fsp3) is 0.200. The number of pyridine rings is 1. The molecule has 0 saturated carbocycles. The third kappa shape index (κ3) is 2.71. The number of hydrogen-bond acceptors (Lipinski definition) is 4. The lowest BCUT2D eigenvalue weighted by molar-refractivity contribution is 0.318. The van der Waals surface area contributed by atoms with Crippen molar-refractivity contribution in [2.24, 2.45) is 10.9 Å². The van der Waals surface area contributed by atoms with Crippen molar-refractivity contribution >= 4 is 17.3 Å². The molecule has 0 bridgehead atoms. The maximum absolute atomic E-state index is 8.90. The van der Waals surface area contributed by atoms with Crippen LogP contribution in [0.25, 0.3) is 0 Å². The van der Waals surface area contributed by atoms with Gasteiger partial charge in [-0.3, -0.25) is 0 Å². The van der Waals surface area contributed by atoms with Gasteiger partial charge in [0.1, 0.15) is 5.82 Å². The minimum atomic E-state index is 0.0548. The lowest BCUT2D eigenvalue weighted by Gasteiger charge is -2.24. The molecule has 20 heavy (non-hydrogen) atoms. The van der Waals surface area contributed by atoms with Crippen molar-refractivity contribution in [3.8, 4) is 0 Å². The highest BCUT2D eigenvalue weighted by Crippen LogP contribution is 2.26. The van der Waals surface area contributed by atoms with E-state index in [1.54, 1.807) is 18.3 Å². The van der Waals surface area contributed by atoms with E-state index in [9.17, 15) is 0 Å². The molecule has 0 aliphatic rings. The maximum Gasteiger partial charge on any atom is 0.173 e. The lowest BCUT2D eigenvalue weighted by Crippen LogP contribution is -2.23. The summed E-state index contributed by atoms with van der Waals surface area (Å²) in [6.07, 6.45) is 1.70. The average Bonchev–Trinajstić information content (AvgIpc) is 2.48. The van der Waals surface area contributed by atoms with Crippen molar-refractivity contribution in [1.82, 2.24) is 4.98 Å². The standard InChI is InChI=1S/C15H18N4O/c1-3-19(12-7-4-6-11(2)10-12)15-13(14(16)18-20)8-5-9-17-15/h4-10,20H,3H2,1-2H3,(H2,16,18). The zero-order chi connectivity index (χ0) is 14.5. The quantitative estimate of drug-likeness (QED) is 0.387. The molecule has 1 aromatic heterocycles. The van der Waals surface area contributed by atoms with Crippen molar-refractivity contribution in [3.63, 3.8) is 0 Å². The summed E-state index contributed by atoms with van der Waals surface area (Å²) in [7, 11) is 0. The van der Waals surface area contributed by atoms with E-state index < -0.39 is 0 Å². The van der Waals surface area contributed by atoms with Gasteiger partial charge in [-0.15, -0.1) is 0 Å². The number of benzene rings is 1. The van der Waals surface area contributed by atoms with Gasteiger partial charge in [0.15, 0.2) is 5.84 Å². The largest absolute Gasteiger partial charge is 0.409 e. The molecule has 0 aliphatic carbocycles. The van der Waals surface area contributed by atoms with Gasteiger partial charge < -0.3 is 15.8 Å². The number of hydrogen-bond donors (Lipinski definition) is 2. The highest BCUT2D eigenvalue weighted by molar-refractivity contribution is 6.02. The van der Waals surface area contributed by atoms with Gasteiger partial charge in [0.25, 0.3) is 0 Å². The molecule has 0 radical (unpaired) electrons. The minimum Gasteiger partial charge on any atom is -0.409 e. The molecule has 2 rings (SSSR count). The van der Waals surface area contributed by atoms with Crippen LogP contribution in [0.2, 0.25) is 0 Å². The van der Waals surface area contributed by atoms with E-state index in [0.29, 0.717) is 11.4 Å². The molecule has 0 aliphatic heterocycles. The van der Waals surface area contributed by atoms with E-state index >= 15 is 0 Å². The van der Waals surface area contributed by atoms with Gasteiger partial charge >= 0.3 is 0 Å². The first-order valence-corrected chi connectivity index (χ1v) is 6.44. The molecule has 0 amide bonds. The van der Waals surface area contributed by atoms with Gasteiger partial charge in [-0.2, -0.15) is 0 Å². The smallest absolute Gasteiger partial charge is 0.173 e. The molecule has 0 saturated heterocycles. The van der Waals surface area contributed by atoms with Gasteiger partial charge in [-0.25, -0.2) is 4.98 Å². The average molecular weight is 270 g/mol. The Hall–Kier alpha value is -2.56. The molecule has 0 unspecified atom stereocenters. The third-order valence-corrected chi connectivity index (χ3v) is 3.06. The number of amidine groups is 1. The second-order valence-corrected chi connectivity index (χ2v) is 4.44. The first kappa shape index (κ1) is 13.9. The molecule has 0 fully saturated rings. The molecule has 0 atom stereocenters. The van der Waals surface area contributed by atoms with Crippen LogP contribution in [0.5, 0.6) is 0 Å². The molecule has 2 aromatic rings. The molecule has 5 nitrogen and oxygen atoms in total. The Balaban J connectivity index is 2.53. The topological polar surface area (TPSA) is 74.7 Å². The minimum absolute atomic E-state index is 0.0548. The Bertz CT molecular complexity index is 625. The Kier molecular flexibility index (Phi) is 4.20. The first-order valence-electron chi connectivity index (χ1n) is 6.44. The van der Waals surface area contributed by atoms with Crippen molar-refractivity contribution < 1.29 is 5.21 Å². The fourth-order valence-corrected chi connectivity index (χ4v) is 2.12. The summed E-state index contributed by atoms with van der Waals surface area (Å²) in [5.74, 6) is 0.732. The predicted octanol–water partition coefficient (Wildman–Crippen LogP) is 2.64. The Morgan fingerprint density at radius 3 is 2.80 bits per heavy atom. The summed E-state index contributed by atoms with van der Waals surface area (Å²) < 4.78 is 0. The predicted molar refractivity (Wildman–Crippen MR) is 80.6 cm³/mol. The number of nitrogens with zero attached hydrogens (tertiary/aromatic N) is 3. The molecule has 3 N–H and O–H groups in total. The SMILES string of the molecule is CCN(c1cccc(C)c1)c1ncccc1/C(N)=N/O. The second-order valence-electron chi connectivity index (χ2n) is 4.44. The van der Waals surface area contributed by atoms with Crippen LogP contribution >= 0.6 is 0 Å². The zero-order valence-electron chi connectivity index (χ0n) is 11.6. The van der Waals surface area contributed by atoms with Crippen LogP contribution in [-0.2, 0) is 0 Å². The molecule has 5 heteroatoms. The normalized spacial score (nSPS) is 11.4. The summed E-state index contributed by atoms with van der Waals surface area (Å²) in [4.78, 5) is 6.41. The van der Waals surface area contributed by atoms with Gasteiger partial charge in [0.2, 0.25) is 0 Å². The van der Waals surface area contributed by atoms with Crippen LogP contribution in [0.4, 0.5) is 11.5 Å². The van der Waals surface area contributed by atoms with Gasteiger partial charge in [0, 0.05) is 18.4 Å². The molecule has 104 valence electrons. The second kappa shape index (κ2) is 6.06. The van der Waals surface area contributed by atoms with E-state index in [-0.39, 0.29) is 5.84 Å². The van der Waals surface area contributed by atoms with Crippen molar-refractivity contribution in [1.29, 1.82) is 0 Å². The molecule has 1 aromatic carbocycles. The number of aromatic nitrogens is 1. The van der Waals surface area contributed by atoms with Crippen LogP contribution in [0.3, 0.4) is 0 Å². The van der Waals surface area contributed by atoms with Crippen molar-refractivity contribution in [2.45, 2.75) is 13.8 Å². The van der Waals surface area contributed by atoms with E-state index in [2.05, 4.69) is 16.2 Å². The number of aryl methyl sites for hydroxylation is 1. The van der Waals surface area contributed by atoms with Gasteiger partial charge in [-0.1, -0.05) is 17.3 Å². The van der Waals surface area contributed by atoms with Crippen LogP contribution in [-0.4, -0.2) is 22.6 Å². The molecular weight excluding hydrogens is 252 g/mol. The summed E-state index contributed by atoms with van der Waals surface area (Å²) in [6.45, 7) is 4.81. The zero-order valence-corrected chi connectivity index (χ0v) is 11.6. The molecule has 0 spiro atoms. The summed E-state index contributed by atoms with van der Waals surface area (Å²) in [5.41, 5.74) is 8.53. The van der Waals surface area contributed by atoms with Crippen LogP contribution < -0.4 is 10.6 Å². The van der Waals surface area contributed by atoms with Gasteiger partial charge in [0.05, 0.1) is 5.56 Å². The van der Waals surface area contributed by atoms with Crippen LogP contribution in [0.15, 0.2) is 47.8 Å². The van der Waals surface area contributed by atoms with E-state index in [4.69, 9.17) is 10.9 Å². The van der Waals surface area contributed by atoms with E-state index in [1.165, 1.54) is 5.56 Å². The van der Waals surface area contributed by atoms with Crippen molar-refractivity contribution in [3.05, 3.63) is 53.7 Å². The van der Waals surface area contributed by atoms with Crippen LogP contribution in [0.1, 0.15) is 18.1 Å². The van der Waals surface area contributed by atoms with E-state index in [0.717, 1.165) is 12.2 Å². The summed E-state index contributed by atoms with van der Waals surface area (Å²) in [5, 5.41) is 12.0. The Morgan fingerprint density at radius 1 is 1.35 bits per heavy atom. The number of anilines is 2. The monoisotopic (exact) mass is 270 g/mol. The van der Waals surface area contributed by atoms with Crippen molar-refractivity contribution in [2.75, 3.05) is 11.4 Å². The Labute approximate surface area is 118 Å². The first-order chi connectivity index (χ1) is 9.67. The maximum atomic E-state index is 8.90. The highest BCUT2D eigenvalue weighted by atomic mass is 16.4. The number of oxime groups is 1.